The molecular weight excluding hydrogens is 417 g/mol. The van der Waals surface area contributed by atoms with Crippen molar-refractivity contribution in [1.29, 1.82) is 0 Å². The normalized spacial score (nSPS) is 11.3. The Kier molecular flexibility index (Phi) is 5.35. The number of benzene rings is 3. The molecule has 0 saturated carbocycles. The summed E-state index contributed by atoms with van der Waals surface area (Å²) >= 11 is 0. The van der Waals surface area contributed by atoms with Crippen LogP contribution in [0.5, 0.6) is 0 Å². The van der Waals surface area contributed by atoms with Crippen molar-refractivity contribution in [3.05, 3.63) is 84.2 Å². The van der Waals surface area contributed by atoms with Gasteiger partial charge in [-0.2, -0.15) is 5.10 Å². The summed E-state index contributed by atoms with van der Waals surface area (Å²) in [5.41, 5.74) is 10.2. The molecule has 0 saturated heterocycles. The second-order valence-corrected chi connectivity index (χ2v) is 8.69. The molecule has 1 aromatic heterocycles. The Bertz CT molecular complexity index is 1320. The van der Waals surface area contributed by atoms with Crippen molar-refractivity contribution in [3.63, 3.8) is 0 Å². The number of sulfonamides is 1. The van der Waals surface area contributed by atoms with Crippen LogP contribution in [-0.4, -0.2) is 18.6 Å². The molecule has 0 radical (unpaired) electrons. The van der Waals surface area contributed by atoms with Gasteiger partial charge in [0.05, 0.1) is 10.6 Å². The van der Waals surface area contributed by atoms with Crippen molar-refractivity contribution in [2.24, 2.45) is 0 Å². The molecule has 9 heteroatoms. The summed E-state index contributed by atoms with van der Waals surface area (Å²) in [5.74, 6) is 0.123. The van der Waals surface area contributed by atoms with E-state index < -0.39 is 15.8 Å². The number of halogens is 1. The Labute approximate surface area is 179 Å². The number of aromatic amines is 1. The molecule has 31 heavy (non-hydrogen) atoms. The van der Waals surface area contributed by atoms with E-state index in [4.69, 9.17) is 5.73 Å². The van der Waals surface area contributed by atoms with Crippen molar-refractivity contribution in [2.45, 2.75) is 11.8 Å². The first-order chi connectivity index (χ1) is 14.8. The van der Waals surface area contributed by atoms with Crippen molar-refractivity contribution < 1.29 is 12.8 Å². The molecular formula is C22H20FN5O2S. The summed E-state index contributed by atoms with van der Waals surface area (Å²) in [6.45, 7) is 1.85. The molecule has 0 atom stereocenters. The number of H-pyrrole nitrogens is 1. The number of aryl methyl sites for hydroxylation is 1. The number of nitrogen functional groups attached to an aromatic ring is 1. The minimum atomic E-state index is -3.81. The molecule has 0 aliphatic carbocycles. The molecule has 0 aliphatic rings. The molecule has 0 aliphatic heterocycles. The molecule has 7 nitrogen and oxygen atoms in total. The minimum absolute atomic E-state index is 0.0134. The van der Waals surface area contributed by atoms with Crippen LogP contribution in [0.1, 0.15) is 5.56 Å². The fraction of sp³-hybridized carbons (Fsp3) is 0.0455. The summed E-state index contributed by atoms with van der Waals surface area (Å²) in [4.78, 5) is -0.0134. The number of rotatable bonds is 6. The molecule has 4 rings (SSSR count). The summed E-state index contributed by atoms with van der Waals surface area (Å²) in [6, 6.07) is 19.1. The zero-order valence-corrected chi connectivity index (χ0v) is 17.4. The Morgan fingerprint density at radius 1 is 0.968 bits per heavy atom. The lowest BCUT2D eigenvalue weighted by molar-refractivity contribution is 0.599. The highest BCUT2D eigenvalue weighted by molar-refractivity contribution is 7.92. The number of hydrogen-bond donors (Lipinski definition) is 4. The maximum Gasteiger partial charge on any atom is 0.261 e. The van der Waals surface area contributed by atoms with Gasteiger partial charge in [-0.25, -0.2) is 12.8 Å². The lowest BCUT2D eigenvalue weighted by Crippen LogP contribution is -2.13. The van der Waals surface area contributed by atoms with Gasteiger partial charge < -0.3 is 11.1 Å². The largest absolute Gasteiger partial charge is 0.399 e. The number of nitrogens with one attached hydrogen (secondary N) is 3. The van der Waals surface area contributed by atoms with Crippen LogP contribution in [-0.2, 0) is 10.0 Å². The molecule has 1 heterocycles. The van der Waals surface area contributed by atoms with Crippen LogP contribution in [0.4, 0.5) is 27.3 Å². The standard InChI is InChI=1S/C22H20FN5O2S/c1-14-12-18(28-31(29,30)19-9-4-16(23)5-10-19)8-11-20(14)25-22-13-21(26-27-22)15-2-6-17(24)7-3-15/h2-13,28H,24H2,1H3,(H2,25,26,27). The Morgan fingerprint density at radius 3 is 2.35 bits per heavy atom. The average molecular weight is 438 g/mol. The van der Waals surface area contributed by atoms with E-state index in [1.807, 2.05) is 37.3 Å². The fourth-order valence-corrected chi connectivity index (χ4v) is 4.08. The van der Waals surface area contributed by atoms with Crippen LogP contribution in [0.2, 0.25) is 0 Å². The molecule has 4 aromatic rings. The molecule has 0 spiro atoms. The van der Waals surface area contributed by atoms with E-state index >= 15 is 0 Å². The smallest absolute Gasteiger partial charge is 0.261 e. The van der Waals surface area contributed by atoms with Crippen molar-refractivity contribution in [2.75, 3.05) is 15.8 Å². The third kappa shape index (κ3) is 4.67. The van der Waals surface area contributed by atoms with Crippen molar-refractivity contribution >= 4 is 32.9 Å². The van der Waals surface area contributed by atoms with Gasteiger partial charge in [0.2, 0.25) is 0 Å². The van der Waals surface area contributed by atoms with Gasteiger partial charge in [0, 0.05) is 23.1 Å². The molecule has 0 unspecified atom stereocenters. The number of aromatic nitrogens is 2. The van der Waals surface area contributed by atoms with Crippen LogP contribution in [0, 0.1) is 12.7 Å². The predicted molar refractivity (Wildman–Crippen MR) is 120 cm³/mol. The molecule has 0 amide bonds. The van der Waals surface area contributed by atoms with E-state index in [-0.39, 0.29) is 4.90 Å². The van der Waals surface area contributed by atoms with Crippen molar-refractivity contribution in [3.8, 4) is 11.3 Å². The summed E-state index contributed by atoms with van der Waals surface area (Å²) in [5, 5.41) is 10.5. The minimum Gasteiger partial charge on any atom is -0.399 e. The third-order valence-corrected chi connectivity index (χ3v) is 6.06. The van der Waals surface area contributed by atoms with Gasteiger partial charge in [-0.1, -0.05) is 12.1 Å². The molecule has 0 fully saturated rings. The molecule has 0 bridgehead atoms. The SMILES string of the molecule is Cc1cc(NS(=O)(=O)c2ccc(F)cc2)ccc1Nc1cc(-c2ccc(N)cc2)[nH]n1. The van der Waals surface area contributed by atoms with Crippen LogP contribution >= 0.6 is 0 Å². The van der Waals surface area contributed by atoms with Gasteiger partial charge >= 0.3 is 0 Å². The number of nitrogens with zero attached hydrogens (tertiary/aromatic N) is 1. The molecule has 5 N–H and O–H groups in total. The maximum absolute atomic E-state index is 13.1. The Morgan fingerprint density at radius 2 is 1.68 bits per heavy atom. The van der Waals surface area contributed by atoms with Gasteiger partial charge in [0.15, 0.2) is 5.82 Å². The first-order valence-corrected chi connectivity index (χ1v) is 10.9. The van der Waals surface area contributed by atoms with E-state index in [9.17, 15) is 12.8 Å². The highest BCUT2D eigenvalue weighted by Crippen LogP contribution is 2.27. The third-order valence-electron chi connectivity index (χ3n) is 4.66. The number of nitrogens with two attached hydrogens (primary N) is 1. The first-order valence-electron chi connectivity index (χ1n) is 9.37. The Balaban J connectivity index is 1.49. The quantitative estimate of drug-likeness (QED) is 0.328. The van der Waals surface area contributed by atoms with E-state index in [1.165, 1.54) is 12.1 Å². The van der Waals surface area contributed by atoms with Gasteiger partial charge in [0.1, 0.15) is 5.82 Å². The van der Waals surface area contributed by atoms with Crippen LogP contribution < -0.4 is 15.8 Å². The summed E-state index contributed by atoms with van der Waals surface area (Å²) in [6.07, 6.45) is 0. The highest BCUT2D eigenvalue weighted by atomic mass is 32.2. The van der Waals surface area contributed by atoms with Crippen LogP contribution in [0.3, 0.4) is 0 Å². The van der Waals surface area contributed by atoms with E-state index in [1.54, 1.807) is 18.2 Å². The Hall–Kier alpha value is -3.85. The van der Waals surface area contributed by atoms with E-state index in [2.05, 4.69) is 20.2 Å². The van der Waals surface area contributed by atoms with Gasteiger partial charge in [-0.15, -0.1) is 0 Å². The first kappa shape index (κ1) is 20.4. The van der Waals surface area contributed by atoms with Gasteiger partial charge in [0.25, 0.3) is 10.0 Å². The van der Waals surface area contributed by atoms with Crippen LogP contribution in [0.25, 0.3) is 11.3 Å². The average Bonchev–Trinajstić information content (AvgIpc) is 3.19. The second-order valence-electron chi connectivity index (χ2n) is 7.00. The molecule has 3 aromatic carbocycles. The summed E-state index contributed by atoms with van der Waals surface area (Å²) < 4.78 is 40.5. The van der Waals surface area contributed by atoms with Gasteiger partial charge in [-0.3, -0.25) is 9.82 Å². The highest BCUT2D eigenvalue weighted by Gasteiger charge is 2.15. The van der Waals surface area contributed by atoms with Gasteiger partial charge in [-0.05, 0) is 72.6 Å². The zero-order chi connectivity index (χ0) is 22.0. The zero-order valence-electron chi connectivity index (χ0n) is 16.6. The second kappa shape index (κ2) is 8.11. The number of hydrogen-bond acceptors (Lipinski definition) is 5. The monoisotopic (exact) mass is 437 g/mol. The van der Waals surface area contributed by atoms with Crippen LogP contribution in [0.15, 0.2) is 77.7 Å². The number of anilines is 4. The fourth-order valence-electron chi connectivity index (χ4n) is 3.03. The molecule has 158 valence electrons. The van der Waals surface area contributed by atoms with E-state index in [0.717, 1.165) is 34.6 Å². The summed E-state index contributed by atoms with van der Waals surface area (Å²) in [7, 11) is -3.81. The van der Waals surface area contributed by atoms with Crippen molar-refractivity contribution in [1.82, 2.24) is 10.2 Å². The topological polar surface area (TPSA) is 113 Å². The lowest BCUT2D eigenvalue weighted by Gasteiger charge is -2.12. The lowest BCUT2D eigenvalue weighted by atomic mass is 10.1. The van der Waals surface area contributed by atoms with E-state index in [0.29, 0.717) is 17.2 Å². The maximum atomic E-state index is 13.1. The predicted octanol–water partition coefficient (Wildman–Crippen LogP) is 4.65.